The van der Waals surface area contributed by atoms with Crippen molar-refractivity contribution in [1.82, 2.24) is 0 Å². The Morgan fingerprint density at radius 2 is 1.36 bits per heavy atom. The summed E-state index contributed by atoms with van der Waals surface area (Å²) < 4.78 is 25.6. The minimum Gasteiger partial charge on any atom is -1.00 e. The van der Waals surface area contributed by atoms with Gasteiger partial charge < -0.3 is 11.6 Å². The van der Waals surface area contributed by atoms with Crippen molar-refractivity contribution in [2.24, 2.45) is 0 Å². The summed E-state index contributed by atoms with van der Waals surface area (Å²) in [5, 5.41) is 16.3. The summed E-state index contributed by atoms with van der Waals surface area (Å²) in [6, 6.07) is 4.96. The molecule has 1 atom stereocenters. The zero-order valence-electron chi connectivity index (χ0n) is 16.5. The first-order valence-electron chi connectivity index (χ1n) is 6.98. The van der Waals surface area contributed by atoms with Crippen molar-refractivity contribution in [3.05, 3.63) is 67.1 Å². The first-order chi connectivity index (χ1) is 12.1. The van der Waals surface area contributed by atoms with E-state index in [0.717, 1.165) is 19.2 Å². The van der Waals surface area contributed by atoms with Gasteiger partial charge in [0.25, 0.3) is 0 Å². The van der Waals surface area contributed by atoms with Crippen LogP contribution in [-0.4, -0.2) is 31.5 Å². The molecule has 28 heavy (non-hydrogen) atoms. The molecule has 11 heteroatoms. The summed E-state index contributed by atoms with van der Waals surface area (Å²) in [5.74, 6) is -1.55. The van der Waals surface area contributed by atoms with Crippen LogP contribution in [0.4, 0.5) is 8.78 Å². The van der Waals surface area contributed by atoms with Gasteiger partial charge in [-0.25, -0.2) is 8.78 Å². The van der Waals surface area contributed by atoms with Crippen LogP contribution in [0, 0.1) is 11.6 Å². The molecule has 2 aromatic carbocycles. The number of benzene rings is 2. The summed E-state index contributed by atoms with van der Waals surface area (Å²) in [7, 11) is 1.00. The molecule has 0 aromatic heterocycles. The number of ketones is 1. The largest absolute Gasteiger partial charge is 1.00 e. The van der Waals surface area contributed by atoms with Crippen molar-refractivity contribution in [2.45, 2.75) is 20.0 Å². The molecule has 0 bridgehead atoms. The van der Waals surface area contributed by atoms with Gasteiger partial charge in [-0.15, -0.1) is 0 Å². The van der Waals surface area contributed by atoms with Gasteiger partial charge in [-0.3, -0.25) is 4.79 Å². The van der Waals surface area contributed by atoms with Crippen molar-refractivity contribution in [1.29, 1.82) is 0 Å². The third-order valence-corrected chi connectivity index (χ3v) is 4.29. The molecule has 0 aliphatic heterocycles. The van der Waals surface area contributed by atoms with Gasteiger partial charge in [0, 0.05) is 26.1 Å². The maximum absolute atomic E-state index is 12.8. The number of hydrogen-bond acceptors (Lipinski definition) is 3. The van der Waals surface area contributed by atoms with Gasteiger partial charge in [0.1, 0.15) is 11.6 Å². The van der Waals surface area contributed by atoms with Crippen LogP contribution in [0.2, 0.25) is 20.1 Å². The summed E-state index contributed by atoms with van der Waals surface area (Å²) in [6.07, 6.45) is -0.860. The normalized spacial score (nSPS) is 10.1. The molecule has 0 aliphatic carbocycles. The fourth-order valence-electron chi connectivity index (χ4n) is 1.78. The third kappa shape index (κ3) is 9.29. The van der Waals surface area contributed by atoms with E-state index in [0.29, 0.717) is 0 Å². The summed E-state index contributed by atoms with van der Waals surface area (Å²) in [5.41, 5.74) is 0.275. The van der Waals surface area contributed by atoms with Crippen molar-refractivity contribution in [2.75, 3.05) is 7.11 Å². The van der Waals surface area contributed by atoms with Crippen molar-refractivity contribution >= 4 is 60.6 Å². The van der Waals surface area contributed by atoms with Crippen LogP contribution < -0.4 is 29.6 Å². The van der Waals surface area contributed by atoms with Crippen LogP contribution in [0.15, 0.2) is 24.3 Å². The Kier molecular flexibility index (Phi) is 18.6. The van der Waals surface area contributed by atoms with E-state index in [9.17, 15) is 18.7 Å². The minimum absolute atomic E-state index is 0. The topological polar surface area (TPSA) is 57.5 Å². The Morgan fingerprint density at radius 1 is 0.964 bits per heavy atom. The average molecular weight is 483 g/mol. The Bertz CT molecular complexity index is 787. The molecule has 2 rings (SSSR count). The Balaban J connectivity index is -0.000000181. The first-order valence-corrected chi connectivity index (χ1v) is 8.49. The molecule has 0 aliphatic rings. The molecule has 0 spiro atoms. The molecule has 0 saturated heterocycles. The first kappa shape index (κ1) is 32.8. The second-order valence-corrected chi connectivity index (χ2v) is 6.28. The number of aliphatic hydroxyl groups excluding tert-OH is 2. The molecular weight excluding hydrogens is 466 g/mol. The molecule has 2 N–H and O–H groups in total. The third-order valence-electron chi connectivity index (χ3n) is 2.89. The van der Waals surface area contributed by atoms with E-state index in [1.807, 2.05) is 0 Å². The number of rotatable bonds is 2. The summed E-state index contributed by atoms with van der Waals surface area (Å²) in [4.78, 5) is 10.9. The van der Waals surface area contributed by atoms with Crippen LogP contribution in [0.25, 0.3) is 0 Å². The monoisotopic (exact) mass is 481 g/mol. The second kappa shape index (κ2) is 15.9. The van der Waals surface area contributed by atoms with Crippen molar-refractivity contribution in [3.63, 3.8) is 0 Å². The number of carbonyl (C=O) groups is 1. The Morgan fingerprint density at radius 3 is 1.68 bits per heavy atom. The fourth-order valence-corrected chi connectivity index (χ4v) is 3.10. The molecule has 3 nitrogen and oxygen atoms in total. The van der Waals surface area contributed by atoms with Gasteiger partial charge in [-0.05, 0) is 38.1 Å². The van der Waals surface area contributed by atoms with Gasteiger partial charge in [0.05, 0.1) is 26.7 Å². The number of halogens is 6. The van der Waals surface area contributed by atoms with Gasteiger partial charge in [-0.1, -0.05) is 46.4 Å². The molecule has 0 heterocycles. The Labute approximate surface area is 208 Å². The number of carbonyl (C=O) groups excluding carboxylic acids is 1. The molecule has 149 valence electrons. The van der Waals surface area contributed by atoms with Crippen LogP contribution in [0.1, 0.15) is 37.3 Å². The molecular formula is C17H17BCl4F2NaO3. The van der Waals surface area contributed by atoms with E-state index in [4.69, 9.17) is 51.5 Å². The van der Waals surface area contributed by atoms with Crippen molar-refractivity contribution < 1.29 is 54.8 Å². The van der Waals surface area contributed by atoms with Crippen LogP contribution in [0.5, 0.6) is 0 Å². The molecule has 0 fully saturated rings. The number of aliphatic hydroxyl groups is 2. The second-order valence-electron chi connectivity index (χ2n) is 4.71. The van der Waals surface area contributed by atoms with E-state index in [-0.39, 0.29) is 76.4 Å². The predicted molar refractivity (Wildman–Crippen MR) is 108 cm³/mol. The van der Waals surface area contributed by atoms with Crippen LogP contribution in [0.3, 0.4) is 0 Å². The van der Waals surface area contributed by atoms with Crippen molar-refractivity contribution in [3.8, 4) is 0 Å². The molecule has 1 unspecified atom stereocenters. The minimum atomic E-state index is -0.860. The SMILES string of the molecule is CC(=O)c1c(Cl)ccc(F)c1Cl.CC(O)c1c(Cl)ccc(F)c1Cl.CO.[B].[H-].[Na+]. The molecule has 0 saturated carbocycles. The number of Topliss-reactive ketones (excluding diaryl/α,β-unsaturated/α-hetero) is 1. The van der Waals surface area contributed by atoms with Crippen LogP contribution in [-0.2, 0) is 0 Å². The zero-order valence-corrected chi connectivity index (χ0v) is 20.6. The maximum atomic E-state index is 12.8. The average Bonchev–Trinajstić information content (AvgIpc) is 2.57. The summed E-state index contributed by atoms with van der Waals surface area (Å²) in [6.45, 7) is 2.76. The predicted octanol–water partition coefficient (Wildman–Crippen LogP) is 2.87. The van der Waals surface area contributed by atoms with E-state index < -0.39 is 17.7 Å². The molecule has 3 radical (unpaired) electrons. The van der Waals surface area contributed by atoms with Gasteiger partial charge in [0.2, 0.25) is 0 Å². The zero-order chi connectivity index (χ0) is 20.6. The molecule has 2 aromatic rings. The maximum Gasteiger partial charge on any atom is 1.00 e. The van der Waals surface area contributed by atoms with E-state index in [2.05, 4.69) is 0 Å². The van der Waals surface area contributed by atoms with E-state index >= 15 is 0 Å². The fraction of sp³-hybridized carbons (Fsp3) is 0.235. The van der Waals surface area contributed by atoms with E-state index in [1.165, 1.54) is 26.0 Å². The summed E-state index contributed by atoms with van der Waals surface area (Å²) >= 11 is 22.4. The molecule has 0 amide bonds. The van der Waals surface area contributed by atoms with Gasteiger partial charge in [0.15, 0.2) is 5.78 Å². The standard InChI is InChI=1S/C8H7Cl2FO.C8H5Cl2FO.CH4O.B.Na.H/c2*1-4(12)7-5(9)2-3-6(11)8(7)10;1-2;;;/h2-4,12H,1H3;2-3H,1H3;2H,1H3;;;/q;;;;+1;-1. The van der Waals surface area contributed by atoms with Gasteiger partial charge >= 0.3 is 29.6 Å². The van der Waals surface area contributed by atoms with Gasteiger partial charge in [-0.2, -0.15) is 0 Å². The van der Waals surface area contributed by atoms with Crippen LogP contribution >= 0.6 is 46.4 Å². The van der Waals surface area contributed by atoms with E-state index in [1.54, 1.807) is 0 Å². The Hall–Kier alpha value is 0.115. The number of hydrogen-bond donors (Lipinski definition) is 2. The quantitative estimate of drug-likeness (QED) is 0.393. The smallest absolute Gasteiger partial charge is 1.00 e.